The van der Waals surface area contributed by atoms with Gasteiger partial charge in [0.2, 0.25) is 5.91 Å². The third-order valence-electron chi connectivity index (χ3n) is 5.55. The van der Waals surface area contributed by atoms with Crippen LogP contribution < -0.4 is 16.0 Å². The molecule has 0 spiro atoms. The van der Waals surface area contributed by atoms with Crippen LogP contribution in [0, 0.1) is 5.92 Å². The molecule has 3 N–H and O–H groups in total. The second-order valence-electron chi connectivity index (χ2n) is 7.57. The number of carbonyl (C=O) groups excluding carboxylic acids is 2. The van der Waals surface area contributed by atoms with Crippen LogP contribution >= 0.6 is 12.4 Å². The van der Waals surface area contributed by atoms with Crippen molar-refractivity contribution in [1.29, 1.82) is 0 Å². The SMILES string of the molecule is Cl.O=C(NCc1cccc(NC(=O)C2CCC2)c1)c1cn(C2CCNCC2)nn1. The van der Waals surface area contributed by atoms with E-state index in [4.69, 9.17) is 0 Å². The van der Waals surface area contributed by atoms with Crippen molar-refractivity contribution in [3.8, 4) is 0 Å². The molecule has 1 aliphatic carbocycles. The van der Waals surface area contributed by atoms with E-state index < -0.39 is 0 Å². The standard InChI is InChI=1S/C20H26N6O2.ClH/c27-19(15-4-2-5-15)23-16-6-1-3-14(11-16)12-22-20(28)18-13-26(25-24-18)17-7-9-21-10-8-17;/h1,3,6,11,13,15,17,21H,2,4-5,7-10,12H2,(H,22,28)(H,23,27);1H. The molecule has 156 valence electrons. The molecule has 1 saturated heterocycles. The van der Waals surface area contributed by atoms with Crippen LogP contribution in [0.5, 0.6) is 0 Å². The third kappa shape index (κ3) is 5.33. The predicted octanol–water partition coefficient (Wildman–Crippen LogP) is 2.29. The van der Waals surface area contributed by atoms with E-state index >= 15 is 0 Å². The Hall–Kier alpha value is -2.45. The largest absolute Gasteiger partial charge is 0.347 e. The summed E-state index contributed by atoms with van der Waals surface area (Å²) in [5.41, 5.74) is 2.01. The van der Waals surface area contributed by atoms with Crippen molar-refractivity contribution in [2.45, 2.75) is 44.7 Å². The number of aromatic nitrogens is 3. The molecule has 29 heavy (non-hydrogen) atoms. The Morgan fingerprint density at radius 3 is 2.69 bits per heavy atom. The maximum absolute atomic E-state index is 12.4. The molecule has 8 nitrogen and oxygen atoms in total. The summed E-state index contributed by atoms with van der Waals surface area (Å²) in [6.07, 6.45) is 6.78. The molecule has 0 radical (unpaired) electrons. The quantitative estimate of drug-likeness (QED) is 0.668. The van der Waals surface area contributed by atoms with E-state index in [1.54, 1.807) is 10.9 Å². The maximum atomic E-state index is 12.4. The van der Waals surface area contributed by atoms with Crippen LogP contribution in [-0.2, 0) is 11.3 Å². The molecule has 9 heteroatoms. The van der Waals surface area contributed by atoms with E-state index in [1.165, 1.54) is 0 Å². The van der Waals surface area contributed by atoms with Gasteiger partial charge in [0.05, 0.1) is 12.2 Å². The van der Waals surface area contributed by atoms with E-state index in [1.807, 2.05) is 24.3 Å². The fourth-order valence-corrected chi connectivity index (χ4v) is 3.58. The molecule has 1 aliphatic heterocycles. The number of amides is 2. The Labute approximate surface area is 176 Å². The van der Waals surface area contributed by atoms with E-state index in [0.717, 1.165) is 56.4 Å². The van der Waals surface area contributed by atoms with Crippen molar-refractivity contribution in [1.82, 2.24) is 25.6 Å². The molecule has 0 unspecified atom stereocenters. The highest BCUT2D eigenvalue weighted by Crippen LogP contribution is 2.27. The molecule has 2 aliphatic rings. The van der Waals surface area contributed by atoms with Crippen molar-refractivity contribution >= 4 is 29.9 Å². The van der Waals surface area contributed by atoms with Gasteiger partial charge < -0.3 is 16.0 Å². The zero-order chi connectivity index (χ0) is 19.3. The highest BCUT2D eigenvalue weighted by atomic mass is 35.5. The molecule has 1 aromatic carbocycles. The minimum atomic E-state index is -0.246. The molecule has 1 saturated carbocycles. The lowest BCUT2D eigenvalue weighted by atomic mass is 9.85. The summed E-state index contributed by atoms with van der Waals surface area (Å²) in [7, 11) is 0. The Bertz CT molecular complexity index is 845. The van der Waals surface area contributed by atoms with Crippen LogP contribution in [0.4, 0.5) is 5.69 Å². The first kappa shape index (κ1) is 21.3. The number of piperidine rings is 1. The van der Waals surface area contributed by atoms with Crippen molar-refractivity contribution in [3.63, 3.8) is 0 Å². The zero-order valence-corrected chi connectivity index (χ0v) is 17.1. The summed E-state index contributed by atoms with van der Waals surface area (Å²) >= 11 is 0. The number of nitrogens with zero attached hydrogens (tertiary/aromatic N) is 3. The van der Waals surface area contributed by atoms with E-state index in [0.29, 0.717) is 18.3 Å². The second kappa shape index (κ2) is 9.84. The fourth-order valence-electron chi connectivity index (χ4n) is 3.58. The first-order valence-corrected chi connectivity index (χ1v) is 9.99. The molecular weight excluding hydrogens is 392 g/mol. The van der Waals surface area contributed by atoms with E-state index in [2.05, 4.69) is 26.3 Å². The van der Waals surface area contributed by atoms with Crippen LogP contribution in [-0.4, -0.2) is 39.9 Å². The van der Waals surface area contributed by atoms with Crippen molar-refractivity contribution in [2.24, 2.45) is 5.92 Å². The lowest BCUT2D eigenvalue weighted by Gasteiger charge is -2.24. The lowest BCUT2D eigenvalue weighted by Crippen LogP contribution is -2.29. The molecule has 1 aromatic heterocycles. The smallest absolute Gasteiger partial charge is 0.273 e. The van der Waals surface area contributed by atoms with Gasteiger partial charge in [-0.05, 0) is 56.5 Å². The van der Waals surface area contributed by atoms with Crippen LogP contribution in [0.1, 0.15) is 54.2 Å². The van der Waals surface area contributed by atoms with Gasteiger partial charge in [0, 0.05) is 18.2 Å². The molecule has 0 atom stereocenters. The second-order valence-corrected chi connectivity index (χ2v) is 7.57. The summed E-state index contributed by atoms with van der Waals surface area (Å²) in [5, 5.41) is 17.3. The molecule has 4 rings (SSSR count). The minimum absolute atomic E-state index is 0. The van der Waals surface area contributed by atoms with Crippen LogP contribution in [0.3, 0.4) is 0 Å². The lowest BCUT2D eigenvalue weighted by molar-refractivity contribution is -0.122. The normalized spacial score (nSPS) is 17.1. The Balaban J connectivity index is 0.00000240. The summed E-state index contributed by atoms with van der Waals surface area (Å²) in [5.74, 6) is -0.0167. The van der Waals surface area contributed by atoms with Crippen molar-refractivity contribution in [2.75, 3.05) is 18.4 Å². The summed E-state index contributed by atoms with van der Waals surface area (Å²) in [6.45, 7) is 2.28. The number of hydrogen-bond acceptors (Lipinski definition) is 5. The Morgan fingerprint density at radius 2 is 1.97 bits per heavy atom. The molecular formula is C20H27ClN6O2. The average Bonchev–Trinajstić information content (AvgIpc) is 3.16. The molecule has 2 fully saturated rings. The minimum Gasteiger partial charge on any atom is -0.347 e. The summed E-state index contributed by atoms with van der Waals surface area (Å²) in [4.78, 5) is 24.5. The van der Waals surface area contributed by atoms with Gasteiger partial charge >= 0.3 is 0 Å². The third-order valence-corrected chi connectivity index (χ3v) is 5.55. The number of benzene rings is 1. The number of carbonyl (C=O) groups is 2. The number of rotatable bonds is 6. The summed E-state index contributed by atoms with van der Waals surface area (Å²) < 4.78 is 1.80. The first-order chi connectivity index (χ1) is 13.7. The first-order valence-electron chi connectivity index (χ1n) is 9.99. The van der Waals surface area contributed by atoms with Crippen LogP contribution in [0.2, 0.25) is 0 Å². The topological polar surface area (TPSA) is 101 Å². The Kier molecular flexibility index (Phi) is 7.22. The highest BCUT2D eigenvalue weighted by molar-refractivity contribution is 5.93. The van der Waals surface area contributed by atoms with Gasteiger partial charge in [-0.2, -0.15) is 0 Å². The van der Waals surface area contributed by atoms with Crippen LogP contribution in [0.15, 0.2) is 30.5 Å². The number of nitrogens with one attached hydrogen (secondary N) is 3. The predicted molar refractivity (Wildman–Crippen MR) is 112 cm³/mol. The molecule has 2 heterocycles. The van der Waals surface area contributed by atoms with E-state index in [9.17, 15) is 9.59 Å². The number of hydrogen-bond donors (Lipinski definition) is 3. The van der Waals surface area contributed by atoms with Gasteiger partial charge in [0.15, 0.2) is 5.69 Å². The molecule has 2 aromatic rings. The maximum Gasteiger partial charge on any atom is 0.273 e. The van der Waals surface area contributed by atoms with Crippen LogP contribution in [0.25, 0.3) is 0 Å². The average molecular weight is 419 g/mol. The van der Waals surface area contributed by atoms with Gasteiger partial charge in [0.1, 0.15) is 0 Å². The Morgan fingerprint density at radius 1 is 1.17 bits per heavy atom. The number of halogens is 1. The van der Waals surface area contributed by atoms with Crippen molar-refractivity contribution in [3.05, 3.63) is 41.7 Å². The van der Waals surface area contributed by atoms with Gasteiger partial charge in [-0.1, -0.05) is 23.8 Å². The molecule has 0 bridgehead atoms. The van der Waals surface area contributed by atoms with Gasteiger partial charge in [-0.25, -0.2) is 4.68 Å². The van der Waals surface area contributed by atoms with E-state index in [-0.39, 0.29) is 30.1 Å². The van der Waals surface area contributed by atoms with Crippen molar-refractivity contribution < 1.29 is 9.59 Å². The van der Waals surface area contributed by atoms with Gasteiger partial charge in [0.25, 0.3) is 5.91 Å². The fraction of sp³-hybridized carbons (Fsp3) is 0.500. The monoisotopic (exact) mass is 418 g/mol. The highest BCUT2D eigenvalue weighted by Gasteiger charge is 2.25. The number of anilines is 1. The zero-order valence-electron chi connectivity index (χ0n) is 16.3. The molecule has 2 amide bonds. The summed E-state index contributed by atoms with van der Waals surface area (Å²) in [6, 6.07) is 7.86. The van der Waals surface area contributed by atoms with Gasteiger partial charge in [-0.15, -0.1) is 17.5 Å². The van der Waals surface area contributed by atoms with Gasteiger partial charge in [-0.3, -0.25) is 9.59 Å².